The van der Waals surface area contributed by atoms with Crippen LogP contribution in [-0.4, -0.2) is 0 Å². The molecule has 0 amide bonds. The van der Waals surface area contributed by atoms with E-state index in [0.717, 1.165) is 0 Å². The van der Waals surface area contributed by atoms with Crippen molar-refractivity contribution in [2.45, 2.75) is 13.8 Å². The van der Waals surface area contributed by atoms with Crippen LogP contribution in [-0.2, 0) is 0 Å². The summed E-state index contributed by atoms with van der Waals surface area (Å²) in [6.45, 7) is 4.35. The molecule has 0 saturated carbocycles. The first kappa shape index (κ1) is 7.11. The van der Waals surface area contributed by atoms with Gasteiger partial charge in [-0.1, -0.05) is 38.2 Å². The molecule has 0 radical (unpaired) electrons. The van der Waals surface area contributed by atoms with E-state index < -0.39 is 0 Å². The van der Waals surface area contributed by atoms with Crippen LogP contribution < -0.4 is 0 Å². The second-order valence-corrected chi connectivity index (χ2v) is 3.04. The Labute approximate surface area is 62.3 Å². The third-order valence-electron chi connectivity index (χ3n) is 1.44. The van der Waals surface area contributed by atoms with Crippen LogP contribution in [0.1, 0.15) is 13.8 Å². The van der Waals surface area contributed by atoms with Gasteiger partial charge in [0.05, 0.1) is 0 Å². The predicted octanol–water partition coefficient (Wildman–Crippen LogP) is 2.85. The van der Waals surface area contributed by atoms with Gasteiger partial charge in [0, 0.05) is 5.41 Å². The van der Waals surface area contributed by atoms with E-state index in [1.807, 2.05) is 24.3 Å². The maximum atomic E-state index is 3.00. The van der Waals surface area contributed by atoms with Gasteiger partial charge >= 0.3 is 0 Å². The molecule has 0 N–H and O–H groups in total. The summed E-state index contributed by atoms with van der Waals surface area (Å²) in [4.78, 5) is 0. The molecule has 52 valence electrons. The molecule has 0 aliphatic heterocycles. The summed E-state index contributed by atoms with van der Waals surface area (Å²) >= 11 is 0. The minimum Gasteiger partial charge on any atom is -0.121 e. The third-order valence-corrected chi connectivity index (χ3v) is 1.44. The van der Waals surface area contributed by atoms with E-state index in [1.165, 1.54) is 0 Å². The molecule has 0 fully saturated rings. The van der Waals surface area contributed by atoms with Crippen LogP contribution in [0.5, 0.6) is 0 Å². The van der Waals surface area contributed by atoms with Crippen LogP contribution in [0.2, 0.25) is 0 Å². The molecule has 0 atom stereocenters. The second kappa shape index (κ2) is 2.72. The van der Waals surface area contributed by atoms with E-state index in [4.69, 9.17) is 0 Å². The van der Waals surface area contributed by atoms with Crippen molar-refractivity contribution in [2.75, 3.05) is 0 Å². The minimum absolute atomic E-state index is 0.190. The molecule has 0 saturated heterocycles. The number of hydrogen-bond donors (Lipinski definition) is 0. The largest absolute Gasteiger partial charge is 0.121 e. The van der Waals surface area contributed by atoms with E-state index in [1.54, 1.807) is 0 Å². The van der Waals surface area contributed by atoms with Crippen molar-refractivity contribution in [1.29, 1.82) is 0 Å². The van der Waals surface area contributed by atoms with Crippen LogP contribution in [0.3, 0.4) is 0 Å². The second-order valence-electron chi connectivity index (χ2n) is 3.04. The van der Waals surface area contributed by atoms with Gasteiger partial charge < -0.3 is 0 Å². The van der Waals surface area contributed by atoms with E-state index in [2.05, 4.69) is 31.7 Å². The molecule has 0 unspecified atom stereocenters. The highest BCUT2D eigenvalue weighted by Gasteiger charge is 2.06. The smallest absolute Gasteiger partial charge is 0.00111 e. The van der Waals surface area contributed by atoms with Gasteiger partial charge in [-0.15, -0.1) is 5.73 Å². The lowest BCUT2D eigenvalue weighted by atomic mass is 9.92. The zero-order valence-electron chi connectivity index (χ0n) is 6.46. The van der Waals surface area contributed by atoms with Crippen LogP contribution in [0, 0.1) is 5.41 Å². The Morgan fingerprint density at radius 2 is 1.50 bits per heavy atom. The number of hydrogen-bond acceptors (Lipinski definition) is 0. The highest BCUT2D eigenvalue weighted by atomic mass is 14.1. The van der Waals surface area contributed by atoms with Crippen LogP contribution in [0.4, 0.5) is 0 Å². The fourth-order valence-electron chi connectivity index (χ4n) is 0.814. The van der Waals surface area contributed by atoms with Crippen LogP contribution >= 0.6 is 0 Å². The van der Waals surface area contributed by atoms with Crippen LogP contribution in [0.25, 0.3) is 0 Å². The summed E-state index contributed by atoms with van der Waals surface area (Å²) in [6, 6.07) is 0. The fourth-order valence-corrected chi connectivity index (χ4v) is 0.814. The molecule has 1 aliphatic carbocycles. The zero-order valence-corrected chi connectivity index (χ0v) is 6.46. The van der Waals surface area contributed by atoms with E-state index in [-0.39, 0.29) is 5.41 Å². The summed E-state index contributed by atoms with van der Waals surface area (Å²) in [5.74, 6) is 0. The van der Waals surface area contributed by atoms with E-state index >= 15 is 0 Å². The molecular weight excluding hydrogens is 120 g/mol. The Morgan fingerprint density at radius 3 is 2.00 bits per heavy atom. The van der Waals surface area contributed by atoms with Gasteiger partial charge in [0.2, 0.25) is 0 Å². The van der Waals surface area contributed by atoms with Crippen molar-refractivity contribution in [3.8, 4) is 0 Å². The maximum absolute atomic E-state index is 3.00. The average molecular weight is 132 g/mol. The Hall–Kier alpha value is -1.00. The molecule has 0 aromatic heterocycles. The number of rotatable bonds is 0. The average Bonchev–Trinajstić information content (AvgIpc) is 1.81. The van der Waals surface area contributed by atoms with Crippen molar-refractivity contribution in [2.24, 2.45) is 5.41 Å². The van der Waals surface area contributed by atoms with Crippen molar-refractivity contribution in [3.63, 3.8) is 0 Å². The lowest BCUT2D eigenvalue weighted by molar-refractivity contribution is 0.626. The highest BCUT2D eigenvalue weighted by Crippen LogP contribution is 2.19. The first-order chi connectivity index (χ1) is 4.71. The molecule has 0 aromatic rings. The predicted molar refractivity (Wildman–Crippen MR) is 44.7 cm³/mol. The molecule has 0 nitrogen and oxygen atoms in total. The molecule has 0 aromatic carbocycles. The fraction of sp³-hybridized carbons (Fsp3) is 0.300. The normalized spacial score (nSPS) is 27.0. The summed E-state index contributed by atoms with van der Waals surface area (Å²) < 4.78 is 0. The Balaban J connectivity index is 2.90. The monoisotopic (exact) mass is 132 g/mol. The van der Waals surface area contributed by atoms with Gasteiger partial charge in [0.15, 0.2) is 0 Å². The summed E-state index contributed by atoms with van der Waals surface area (Å²) in [5.41, 5.74) is 3.19. The molecule has 10 heavy (non-hydrogen) atoms. The Kier molecular flexibility index (Phi) is 1.94. The Bertz CT molecular complexity index is 200. The van der Waals surface area contributed by atoms with Crippen molar-refractivity contribution >= 4 is 0 Å². The molecule has 0 heterocycles. The minimum atomic E-state index is 0.190. The van der Waals surface area contributed by atoms with Gasteiger partial charge in [-0.25, -0.2) is 0 Å². The van der Waals surface area contributed by atoms with Gasteiger partial charge in [0.25, 0.3) is 0 Å². The lowest BCUT2D eigenvalue weighted by Gasteiger charge is -2.13. The van der Waals surface area contributed by atoms with Crippen molar-refractivity contribution in [1.82, 2.24) is 0 Å². The first-order valence-corrected chi connectivity index (χ1v) is 3.49. The van der Waals surface area contributed by atoms with Gasteiger partial charge in [0.1, 0.15) is 0 Å². The van der Waals surface area contributed by atoms with Crippen molar-refractivity contribution in [3.05, 3.63) is 42.2 Å². The Morgan fingerprint density at radius 1 is 1.00 bits per heavy atom. The summed E-state index contributed by atoms with van der Waals surface area (Å²) in [6.07, 6.45) is 12.2. The molecule has 1 aliphatic rings. The molecule has 0 heteroatoms. The highest BCUT2D eigenvalue weighted by molar-refractivity contribution is 5.19. The molecule has 1 rings (SSSR count). The van der Waals surface area contributed by atoms with Crippen molar-refractivity contribution < 1.29 is 0 Å². The van der Waals surface area contributed by atoms with E-state index in [9.17, 15) is 0 Å². The lowest BCUT2D eigenvalue weighted by Crippen LogP contribution is -2.01. The SMILES string of the molecule is CC1(C)/C=C\C=C=C/C=C\1. The quantitative estimate of drug-likeness (QED) is 0.444. The standard InChI is InChI=1S/C10H12/c1-10(2)8-6-4-3-5-7-9-10/h4-9H,1-2H3/b8-6-,9-7-. The van der Waals surface area contributed by atoms with Gasteiger partial charge in [-0.3, -0.25) is 0 Å². The summed E-state index contributed by atoms with van der Waals surface area (Å²) in [5, 5.41) is 0. The maximum Gasteiger partial charge on any atom is 0.00111 e. The molecule has 0 spiro atoms. The zero-order chi connectivity index (χ0) is 7.45. The third kappa shape index (κ3) is 2.08. The summed E-state index contributed by atoms with van der Waals surface area (Å²) in [7, 11) is 0. The van der Waals surface area contributed by atoms with Gasteiger partial charge in [-0.2, -0.15) is 0 Å². The molecule has 0 bridgehead atoms. The topological polar surface area (TPSA) is 0 Å². The number of allylic oxidation sites excluding steroid dienone is 5. The van der Waals surface area contributed by atoms with E-state index in [0.29, 0.717) is 0 Å². The van der Waals surface area contributed by atoms with Gasteiger partial charge in [-0.05, 0) is 12.2 Å². The van der Waals surface area contributed by atoms with Crippen LogP contribution in [0.15, 0.2) is 42.2 Å². The first-order valence-electron chi connectivity index (χ1n) is 3.49. The molecular formula is C10H12.